The van der Waals surface area contributed by atoms with E-state index in [0.717, 1.165) is 29.7 Å². The molecule has 0 spiro atoms. The summed E-state index contributed by atoms with van der Waals surface area (Å²) >= 11 is 0. The lowest BCUT2D eigenvalue weighted by molar-refractivity contribution is 0.250. The van der Waals surface area contributed by atoms with E-state index >= 15 is 0 Å². The van der Waals surface area contributed by atoms with Crippen LogP contribution in [0, 0.1) is 12.8 Å². The molecular formula is C18H30N2O3S. The van der Waals surface area contributed by atoms with E-state index in [-0.39, 0.29) is 12.0 Å². The molecular weight excluding hydrogens is 324 g/mol. The number of nitrogens with zero attached hydrogens (tertiary/aromatic N) is 1. The highest BCUT2D eigenvalue weighted by atomic mass is 32.2. The maximum absolute atomic E-state index is 13.1. The van der Waals surface area contributed by atoms with Crippen LogP contribution in [-0.2, 0) is 10.0 Å². The molecule has 6 heteroatoms. The lowest BCUT2D eigenvalue weighted by atomic mass is 9.92. The summed E-state index contributed by atoms with van der Waals surface area (Å²) in [5.74, 6) is 1.34. The van der Waals surface area contributed by atoms with Crippen molar-refractivity contribution < 1.29 is 13.2 Å². The highest BCUT2D eigenvalue weighted by molar-refractivity contribution is 7.89. The average molecular weight is 355 g/mol. The molecule has 136 valence electrons. The van der Waals surface area contributed by atoms with Crippen molar-refractivity contribution in [3.05, 3.63) is 23.3 Å². The van der Waals surface area contributed by atoms with Crippen molar-refractivity contribution >= 4 is 10.0 Å². The van der Waals surface area contributed by atoms with E-state index in [1.807, 2.05) is 33.8 Å². The van der Waals surface area contributed by atoms with E-state index in [0.29, 0.717) is 23.9 Å². The van der Waals surface area contributed by atoms with Gasteiger partial charge in [-0.05, 0) is 61.8 Å². The molecule has 0 bridgehead atoms. The number of aryl methyl sites for hydroxylation is 1. The summed E-state index contributed by atoms with van der Waals surface area (Å²) < 4.78 is 33.2. The second-order valence-corrected chi connectivity index (χ2v) is 9.02. The zero-order valence-electron chi connectivity index (χ0n) is 15.4. The van der Waals surface area contributed by atoms with E-state index in [2.05, 4.69) is 0 Å². The van der Waals surface area contributed by atoms with E-state index in [1.165, 1.54) is 0 Å². The largest absolute Gasteiger partial charge is 0.496 e. The Kier molecular flexibility index (Phi) is 5.94. The van der Waals surface area contributed by atoms with Gasteiger partial charge in [0.25, 0.3) is 0 Å². The third-order valence-electron chi connectivity index (χ3n) is 5.01. The fourth-order valence-electron chi connectivity index (χ4n) is 3.36. The van der Waals surface area contributed by atoms with Gasteiger partial charge in [0.2, 0.25) is 10.0 Å². The number of methoxy groups -OCH3 is 1. The molecule has 0 amide bonds. The molecule has 1 saturated heterocycles. The summed E-state index contributed by atoms with van der Waals surface area (Å²) in [5.41, 5.74) is 7.61. The zero-order chi connectivity index (χ0) is 18.1. The van der Waals surface area contributed by atoms with Crippen molar-refractivity contribution in [2.24, 2.45) is 11.7 Å². The molecule has 0 aromatic heterocycles. The lowest BCUT2D eigenvalue weighted by Gasteiger charge is -2.33. The summed E-state index contributed by atoms with van der Waals surface area (Å²) in [6.45, 7) is 8.98. The number of rotatable bonds is 5. The van der Waals surface area contributed by atoms with E-state index in [1.54, 1.807) is 17.5 Å². The Bertz CT molecular complexity index is 676. The van der Waals surface area contributed by atoms with Gasteiger partial charge in [0.05, 0.1) is 12.0 Å². The Balaban J connectivity index is 2.35. The summed E-state index contributed by atoms with van der Waals surface area (Å²) in [4.78, 5) is 0.395. The maximum Gasteiger partial charge on any atom is 0.243 e. The van der Waals surface area contributed by atoms with Gasteiger partial charge >= 0.3 is 0 Å². The Morgan fingerprint density at radius 3 is 2.25 bits per heavy atom. The molecule has 2 N–H and O–H groups in total. The van der Waals surface area contributed by atoms with Crippen molar-refractivity contribution in [1.29, 1.82) is 0 Å². The average Bonchev–Trinajstić information content (AvgIpc) is 2.53. The van der Waals surface area contributed by atoms with Crippen LogP contribution in [0.2, 0.25) is 0 Å². The summed E-state index contributed by atoms with van der Waals surface area (Å²) in [5, 5.41) is 0. The van der Waals surface area contributed by atoms with Gasteiger partial charge in [-0.3, -0.25) is 0 Å². The predicted octanol–water partition coefficient (Wildman–Crippen LogP) is 2.87. The highest BCUT2D eigenvalue weighted by Crippen LogP contribution is 2.34. The van der Waals surface area contributed by atoms with Crippen molar-refractivity contribution in [2.45, 2.75) is 57.4 Å². The molecule has 1 fully saturated rings. The summed E-state index contributed by atoms with van der Waals surface area (Å²) in [6, 6.07) is 3.73. The number of piperidine rings is 1. The van der Waals surface area contributed by atoms with Gasteiger partial charge in [0.1, 0.15) is 5.75 Å². The Hall–Kier alpha value is -1.11. The molecule has 1 aromatic rings. The van der Waals surface area contributed by atoms with Crippen LogP contribution in [0.25, 0.3) is 0 Å². The smallest absolute Gasteiger partial charge is 0.243 e. The van der Waals surface area contributed by atoms with E-state index < -0.39 is 10.0 Å². The van der Waals surface area contributed by atoms with Crippen molar-refractivity contribution in [2.75, 3.05) is 20.2 Å². The number of hydrogen-bond donors (Lipinski definition) is 1. The van der Waals surface area contributed by atoms with Gasteiger partial charge in [-0.1, -0.05) is 13.8 Å². The van der Waals surface area contributed by atoms with Gasteiger partial charge in [-0.2, -0.15) is 4.31 Å². The summed E-state index contributed by atoms with van der Waals surface area (Å²) in [6.07, 6.45) is 1.65. The molecule has 1 heterocycles. The Labute approximate surface area is 146 Å². The first-order chi connectivity index (χ1) is 11.2. The monoisotopic (exact) mass is 354 g/mol. The fraction of sp³-hybridized carbons (Fsp3) is 0.667. The normalized spacial score (nSPS) is 18.8. The van der Waals surface area contributed by atoms with Crippen LogP contribution in [0.15, 0.2) is 17.0 Å². The fourth-order valence-corrected chi connectivity index (χ4v) is 5.08. The van der Waals surface area contributed by atoms with Gasteiger partial charge in [0, 0.05) is 19.1 Å². The van der Waals surface area contributed by atoms with Crippen LogP contribution in [-0.4, -0.2) is 39.0 Å². The molecule has 1 aliphatic heterocycles. The minimum Gasteiger partial charge on any atom is -0.496 e. The predicted molar refractivity (Wildman–Crippen MR) is 97.0 cm³/mol. The van der Waals surface area contributed by atoms with Crippen LogP contribution in [0.4, 0.5) is 0 Å². The SMILES string of the molecule is COc1cc(C)c(S(=O)(=O)N2CCC(C(C)N)CC2)cc1C(C)C. The highest BCUT2D eigenvalue weighted by Gasteiger charge is 2.32. The first kappa shape index (κ1) is 19.2. The molecule has 0 saturated carbocycles. The molecule has 0 radical (unpaired) electrons. The van der Waals surface area contributed by atoms with Gasteiger partial charge in [0.15, 0.2) is 0 Å². The topological polar surface area (TPSA) is 72.6 Å². The van der Waals surface area contributed by atoms with Crippen LogP contribution in [0.1, 0.15) is 50.7 Å². The molecule has 1 aromatic carbocycles. The van der Waals surface area contributed by atoms with Gasteiger partial charge in [-0.15, -0.1) is 0 Å². The first-order valence-corrected chi connectivity index (χ1v) is 10.1. The lowest BCUT2D eigenvalue weighted by Crippen LogP contribution is -2.42. The molecule has 24 heavy (non-hydrogen) atoms. The van der Waals surface area contributed by atoms with E-state index in [4.69, 9.17) is 10.5 Å². The standard InChI is InChI=1S/C18H30N2O3S/c1-12(2)16-11-18(13(3)10-17(16)23-5)24(21,22)20-8-6-15(7-9-20)14(4)19/h10-12,14-15H,6-9,19H2,1-5H3. The second kappa shape index (κ2) is 7.42. The van der Waals surface area contributed by atoms with Crippen LogP contribution < -0.4 is 10.5 Å². The van der Waals surface area contributed by atoms with Crippen molar-refractivity contribution in [3.63, 3.8) is 0 Å². The number of sulfonamides is 1. The van der Waals surface area contributed by atoms with Crippen LogP contribution in [0.5, 0.6) is 5.75 Å². The first-order valence-electron chi connectivity index (χ1n) is 8.62. The van der Waals surface area contributed by atoms with Crippen LogP contribution in [0.3, 0.4) is 0 Å². The Morgan fingerprint density at radius 1 is 1.21 bits per heavy atom. The molecule has 2 rings (SSSR count). The molecule has 1 atom stereocenters. The van der Waals surface area contributed by atoms with Crippen molar-refractivity contribution in [1.82, 2.24) is 4.31 Å². The molecule has 5 nitrogen and oxygen atoms in total. The second-order valence-electron chi connectivity index (χ2n) is 7.11. The quantitative estimate of drug-likeness (QED) is 0.882. The molecule has 0 aliphatic carbocycles. The van der Waals surface area contributed by atoms with E-state index in [9.17, 15) is 8.42 Å². The van der Waals surface area contributed by atoms with Gasteiger partial charge < -0.3 is 10.5 Å². The number of nitrogens with two attached hydrogens (primary N) is 1. The number of ether oxygens (including phenoxy) is 1. The third kappa shape index (κ3) is 3.76. The number of hydrogen-bond acceptors (Lipinski definition) is 4. The summed E-state index contributed by atoms with van der Waals surface area (Å²) in [7, 11) is -1.87. The molecule has 1 aliphatic rings. The minimum atomic E-state index is -3.49. The minimum absolute atomic E-state index is 0.116. The Morgan fingerprint density at radius 2 is 1.79 bits per heavy atom. The van der Waals surface area contributed by atoms with Gasteiger partial charge in [-0.25, -0.2) is 8.42 Å². The number of benzene rings is 1. The van der Waals surface area contributed by atoms with Crippen molar-refractivity contribution in [3.8, 4) is 5.75 Å². The zero-order valence-corrected chi connectivity index (χ0v) is 16.2. The third-order valence-corrected chi connectivity index (χ3v) is 7.05. The molecule has 1 unspecified atom stereocenters. The van der Waals surface area contributed by atoms with Crippen LogP contribution >= 0.6 is 0 Å². The maximum atomic E-state index is 13.1.